The van der Waals surface area contributed by atoms with Gasteiger partial charge < -0.3 is 11.1 Å². The van der Waals surface area contributed by atoms with Gasteiger partial charge in [0.1, 0.15) is 6.04 Å². The first kappa shape index (κ1) is 12.2. The minimum atomic E-state index is -0.628. The van der Waals surface area contributed by atoms with Gasteiger partial charge in [-0.3, -0.25) is 9.59 Å². The van der Waals surface area contributed by atoms with Crippen LogP contribution >= 0.6 is 0 Å². The summed E-state index contributed by atoms with van der Waals surface area (Å²) in [4.78, 5) is 22.3. The first-order chi connectivity index (χ1) is 7.50. The number of hydrogen-bond donors (Lipinski definition) is 2. The number of carbonyl (C=O) groups excluding carboxylic acids is 2. The molecule has 0 saturated carbocycles. The second-order valence-electron chi connectivity index (χ2n) is 3.79. The normalized spacial score (nSPS) is 11.9. The fourth-order valence-corrected chi connectivity index (χ4v) is 1.35. The lowest BCUT2D eigenvalue weighted by Crippen LogP contribution is -2.42. The lowest BCUT2D eigenvalue weighted by molar-refractivity contribution is -0.126. The molecule has 4 nitrogen and oxygen atoms in total. The molecule has 4 heteroatoms. The standard InChI is InChI=1S/C12H16N2O2/c1-8-5-3-4-6-10(8)7-11(15)14-9(2)12(13)16/h3-6,9H,7H2,1-2H3,(H2,13,16)(H,14,15). The Balaban J connectivity index is 2.59. The highest BCUT2D eigenvalue weighted by atomic mass is 16.2. The molecule has 0 aliphatic heterocycles. The Kier molecular flexibility index (Phi) is 4.05. The molecule has 0 spiro atoms. The minimum absolute atomic E-state index is 0.194. The van der Waals surface area contributed by atoms with E-state index in [1.165, 1.54) is 0 Å². The van der Waals surface area contributed by atoms with Crippen LogP contribution < -0.4 is 11.1 Å². The Hall–Kier alpha value is -1.84. The lowest BCUT2D eigenvalue weighted by Gasteiger charge is -2.10. The van der Waals surface area contributed by atoms with Gasteiger partial charge in [0.05, 0.1) is 6.42 Å². The van der Waals surface area contributed by atoms with E-state index < -0.39 is 11.9 Å². The number of aryl methyl sites for hydroxylation is 1. The van der Waals surface area contributed by atoms with E-state index in [9.17, 15) is 9.59 Å². The van der Waals surface area contributed by atoms with Crippen LogP contribution in [0.2, 0.25) is 0 Å². The number of nitrogens with two attached hydrogens (primary N) is 1. The molecular weight excluding hydrogens is 204 g/mol. The SMILES string of the molecule is Cc1ccccc1CC(=O)NC(C)C(N)=O. The van der Waals surface area contributed by atoms with Crippen LogP contribution in [0.4, 0.5) is 0 Å². The second-order valence-corrected chi connectivity index (χ2v) is 3.79. The maximum Gasteiger partial charge on any atom is 0.239 e. The molecule has 0 aromatic heterocycles. The molecule has 3 N–H and O–H groups in total. The largest absolute Gasteiger partial charge is 0.368 e. The zero-order chi connectivity index (χ0) is 12.1. The molecule has 0 heterocycles. The summed E-state index contributed by atoms with van der Waals surface area (Å²) < 4.78 is 0. The minimum Gasteiger partial charge on any atom is -0.368 e. The zero-order valence-electron chi connectivity index (χ0n) is 9.49. The molecular formula is C12H16N2O2. The summed E-state index contributed by atoms with van der Waals surface area (Å²) >= 11 is 0. The van der Waals surface area contributed by atoms with Crippen molar-refractivity contribution in [2.75, 3.05) is 0 Å². The van der Waals surface area contributed by atoms with E-state index in [4.69, 9.17) is 5.73 Å². The van der Waals surface area contributed by atoms with Crippen molar-refractivity contribution in [3.63, 3.8) is 0 Å². The molecule has 0 saturated heterocycles. The van der Waals surface area contributed by atoms with E-state index in [0.717, 1.165) is 11.1 Å². The highest BCUT2D eigenvalue weighted by Crippen LogP contribution is 2.07. The molecule has 0 bridgehead atoms. The topological polar surface area (TPSA) is 72.2 Å². The van der Waals surface area contributed by atoms with Crippen LogP contribution in [0.1, 0.15) is 18.1 Å². The van der Waals surface area contributed by atoms with Crippen molar-refractivity contribution >= 4 is 11.8 Å². The highest BCUT2D eigenvalue weighted by molar-refractivity contribution is 5.87. The van der Waals surface area contributed by atoms with Gasteiger partial charge in [0, 0.05) is 0 Å². The Morgan fingerprint density at radius 3 is 2.56 bits per heavy atom. The van der Waals surface area contributed by atoms with Gasteiger partial charge in [-0.25, -0.2) is 0 Å². The van der Waals surface area contributed by atoms with E-state index in [2.05, 4.69) is 5.32 Å². The summed E-state index contributed by atoms with van der Waals surface area (Å²) in [6, 6.07) is 7.01. The summed E-state index contributed by atoms with van der Waals surface area (Å²) in [6.45, 7) is 3.51. The van der Waals surface area contributed by atoms with E-state index in [-0.39, 0.29) is 12.3 Å². The van der Waals surface area contributed by atoms with Crippen LogP contribution in [-0.2, 0) is 16.0 Å². The summed E-state index contributed by atoms with van der Waals surface area (Å²) in [7, 11) is 0. The van der Waals surface area contributed by atoms with Gasteiger partial charge in [-0.1, -0.05) is 24.3 Å². The maximum absolute atomic E-state index is 11.6. The Labute approximate surface area is 94.8 Å². The van der Waals surface area contributed by atoms with Crippen LogP contribution in [0, 0.1) is 6.92 Å². The predicted molar refractivity (Wildman–Crippen MR) is 61.7 cm³/mol. The first-order valence-electron chi connectivity index (χ1n) is 5.14. The van der Waals surface area contributed by atoms with Crippen molar-refractivity contribution in [1.29, 1.82) is 0 Å². The third-order valence-electron chi connectivity index (χ3n) is 2.42. The van der Waals surface area contributed by atoms with Gasteiger partial charge >= 0.3 is 0 Å². The van der Waals surface area contributed by atoms with Crippen molar-refractivity contribution in [3.05, 3.63) is 35.4 Å². The fraction of sp³-hybridized carbons (Fsp3) is 0.333. The molecule has 1 rings (SSSR count). The first-order valence-corrected chi connectivity index (χ1v) is 5.14. The molecule has 1 aromatic carbocycles. The zero-order valence-corrected chi connectivity index (χ0v) is 9.49. The van der Waals surface area contributed by atoms with E-state index in [0.29, 0.717) is 0 Å². The Bertz CT molecular complexity index is 402. The van der Waals surface area contributed by atoms with Crippen molar-refractivity contribution in [2.24, 2.45) is 5.73 Å². The quantitative estimate of drug-likeness (QED) is 0.776. The van der Waals surface area contributed by atoms with Crippen molar-refractivity contribution in [2.45, 2.75) is 26.3 Å². The molecule has 16 heavy (non-hydrogen) atoms. The van der Waals surface area contributed by atoms with Crippen LogP contribution in [-0.4, -0.2) is 17.9 Å². The molecule has 1 atom stereocenters. The van der Waals surface area contributed by atoms with E-state index in [1.54, 1.807) is 6.92 Å². The average Bonchev–Trinajstić information content (AvgIpc) is 2.21. The number of primary amides is 1. The third-order valence-corrected chi connectivity index (χ3v) is 2.42. The van der Waals surface area contributed by atoms with Crippen LogP contribution in [0.5, 0.6) is 0 Å². The van der Waals surface area contributed by atoms with Gasteiger partial charge in [-0.05, 0) is 25.0 Å². The predicted octanol–water partition coefficient (Wildman–Crippen LogP) is 0.528. The molecule has 1 unspecified atom stereocenters. The average molecular weight is 220 g/mol. The Morgan fingerprint density at radius 2 is 2.00 bits per heavy atom. The summed E-state index contributed by atoms with van der Waals surface area (Å²) in [5, 5.41) is 2.54. The molecule has 1 aromatic rings. The fourth-order valence-electron chi connectivity index (χ4n) is 1.35. The summed E-state index contributed by atoms with van der Waals surface area (Å²) in [6.07, 6.45) is 0.268. The monoisotopic (exact) mass is 220 g/mol. The molecule has 2 amide bonds. The molecule has 0 fully saturated rings. The van der Waals surface area contributed by atoms with Gasteiger partial charge in [0.15, 0.2) is 0 Å². The van der Waals surface area contributed by atoms with Gasteiger partial charge in [-0.15, -0.1) is 0 Å². The van der Waals surface area contributed by atoms with Gasteiger partial charge in [0.2, 0.25) is 11.8 Å². The van der Waals surface area contributed by atoms with Crippen molar-refractivity contribution < 1.29 is 9.59 Å². The number of rotatable bonds is 4. The Morgan fingerprint density at radius 1 is 1.38 bits per heavy atom. The van der Waals surface area contributed by atoms with Gasteiger partial charge in [-0.2, -0.15) is 0 Å². The van der Waals surface area contributed by atoms with Gasteiger partial charge in [0.25, 0.3) is 0 Å². The number of carbonyl (C=O) groups is 2. The van der Waals surface area contributed by atoms with E-state index >= 15 is 0 Å². The lowest BCUT2D eigenvalue weighted by atomic mass is 10.1. The van der Waals surface area contributed by atoms with Crippen LogP contribution in [0.25, 0.3) is 0 Å². The smallest absolute Gasteiger partial charge is 0.239 e. The molecule has 0 aliphatic rings. The van der Waals surface area contributed by atoms with Crippen LogP contribution in [0.15, 0.2) is 24.3 Å². The summed E-state index contributed by atoms with van der Waals surface area (Å²) in [5.74, 6) is -0.723. The second kappa shape index (κ2) is 5.30. The molecule has 86 valence electrons. The third kappa shape index (κ3) is 3.38. The molecule has 0 radical (unpaired) electrons. The highest BCUT2D eigenvalue weighted by Gasteiger charge is 2.12. The number of benzene rings is 1. The maximum atomic E-state index is 11.6. The van der Waals surface area contributed by atoms with E-state index in [1.807, 2.05) is 31.2 Å². The van der Waals surface area contributed by atoms with Crippen molar-refractivity contribution in [1.82, 2.24) is 5.32 Å². The number of amides is 2. The van der Waals surface area contributed by atoms with Crippen molar-refractivity contribution in [3.8, 4) is 0 Å². The number of nitrogens with one attached hydrogen (secondary N) is 1. The van der Waals surface area contributed by atoms with Crippen LogP contribution in [0.3, 0.4) is 0 Å². The summed E-state index contributed by atoms with van der Waals surface area (Å²) in [5.41, 5.74) is 7.07. The number of hydrogen-bond acceptors (Lipinski definition) is 2. The molecule has 0 aliphatic carbocycles.